The van der Waals surface area contributed by atoms with E-state index in [9.17, 15) is 17.6 Å². The summed E-state index contributed by atoms with van der Waals surface area (Å²) < 4.78 is 41.0. The second-order valence-corrected chi connectivity index (χ2v) is 3.64. The predicted molar refractivity (Wildman–Crippen MR) is 29.8 cm³/mol. The number of rotatable bonds is 0. The highest BCUT2D eigenvalue weighted by Gasteiger charge is 2.52. The van der Waals surface area contributed by atoms with E-state index in [1.165, 1.54) is 0 Å². The van der Waals surface area contributed by atoms with Crippen LogP contribution in [0.5, 0.6) is 0 Å². The summed E-state index contributed by atoms with van der Waals surface area (Å²) in [6.45, 7) is 0. The van der Waals surface area contributed by atoms with Crippen LogP contribution in [0.15, 0.2) is 0 Å². The van der Waals surface area contributed by atoms with E-state index < -0.39 is 9.31 Å². The summed E-state index contributed by atoms with van der Waals surface area (Å²) in [5, 5.41) is 0. The van der Waals surface area contributed by atoms with Crippen molar-refractivity contribution in [3.05, 3.63) is 0 Å². The zero-order valence-electron chi connectivity index (χ0n) is 3.27. The summed E-state index contributed by atoms with van der Waals surface area (Å²) in [6.07, 6.45) is -4.98. The average Bonchev–Trinajstić information content (AvgIpc) is 1.25. The molecule has 8 heavy (non-hydrogen) atoms. The van der Waals surface area contributed by atoms with Crippen LogP contribution < -0.4 is 0 Å². The molecule has 1 atom stereocenters. The third-order valence-corrected chi connectivity index (χ3v) is 1.15. The van der Waals surface area contributed by atoms with Gasteiger partial charge in [-0.05, 0) is 22.6 Å². The number of halogens is 6. The molecule has 0 spiro atoms. The van der Waals surface area contributed by atoms with E-state index in [2.05, 4.69) is 11.6 Å². The standard InChI is InChI=1S/C2ClF4I/c3-1(4,8)2(5,6)7. The van der Waals surface area contributed by atoms with Gasteiger partial charge < -0.3 is 0 Å². The Bertz CT molecular complexity index is 69.0. The summed E-state index contributed by atoms with van der Waals surface area (Å²) >= 11 is 4.66. The highest BCUT2D eigenvalue weighted by Crippen LogP contribution is 2.42. The monoisotopic (exact) mass is 262 g/mol. The first-order chi connectivity index (χ1) is 3.25. The first-order valence-electron chi connectivity index (χ1n) is 1.38. The summed E-state index contributed by atoms with van der Waals surface area (Å²) in [4.78, 5) is 0. The molecular formula is C2ClF4I. The highest BCUT2D eigenvalue weighted by molar-refractivity contribution is 14.1. The summed E-state index contributed by atoms with van der Waals surface area (Å²) in [5.74, 6) is 0. The van der Waals surface area contributed by atoms with E-state index in [1.54, 1.807) is 0 Å². The minimum Gasteiger partial charge on any atom is -0.204 e. The molecular weight excluding hydrogens is 262 g/mol. The van der Waals surface area contributed by atoms with Crippen LogP contribution in [0, 0.1) is 0 Å². The fourth-order valence-electron chi connectivity index (χ4n) is 0. The largest absolute Gasteiger partial charge is 0.446 e. The molecule has 0 saturated carbocycles. The van der Waals surface area contributed by atoms with Crippen LogP contribution in [-0.2, 0) is 0 Å². The predicted octanol–water partition coefficient (Wildman–Crippen LogP) is 2.85. The molecule has 0 rings (SSSR count). The molecule has 0 nitrogen and oxygen atoms in total. The lowest BCUT2D eigenvalue weighted by atomic mass is 10.7. The van der Waals surface area contributed by atoms with Gasteiger partial charge in [-0.1, -0.05) is 11.6 Å². The molecule has 0 saturated heterocycles. The molecule has 0 radical (unpaired) electrons. The van der Waals surface area contributed by atoms with Crippen LogP contribution in [0.2, 0.25) is 0 Å². The molecule has 0 aliphatic carbocycles. The van der Waals surface area contributed by atoms with Crippen LogP contribution in [0.3, 0.4) is 0 Å². The van der Waals surface area contributed by atoms with Gasteiger partial charge in [0.1, 0.15) is 0 Å². The van der Waals surface area contributed by atoms with Gasteiger partial charge in [-0.25, -0.2) is 4.39 Å². The maximum atomic E-state index is 11.5. The molecule has 0 aliphatic rings. The topological polar surface area (TPSA) is 0 Å². The minimum absolute atomic E-state index is 0.457. The number of hydrogen-bond donors (Lipinski definition) is 0. The molecule has 0 aromatic carbocycles. The lowest BCUT2D eigenvalue weighted by Crippen LogP contribution is -2.27. The number of hydrogen-bond acceptors (Lipinski definition) is 0. The third kappa shape index (κ3) is 2.34. The van der Waals surface area contributed by atoms with Crippen LogP contribution in [0.4, 0.5) is 17.6 Å². The Morgan fingerprint density at radius 2 is 1.25 bits per heavy atom. The van der Waals surface area contributed by atoms with E-state index in [1.807, 2.05) is 0 Å². The van der Waals surface area contributed by atoms with Gasteiger partial charge in [-0.3, -0.25) is 0 Å². The fraction of sp³-hybridized carbons (Fsp3) is 1.00. The van der Waals surface area contributed by atoms with E-state index in [4.69, 9.17) is 0 Å². The van der Waals surface area contributed by atoms with Crippen LogP contribution in [0.1, 0.15) is 0 Å². The molecule has 50 valence electrons. The van der Waals surface area contributed by atoms with Gasteiger partial charge in [0.2, 0.25) is 0 Å². The molecule has 0 aromatic heterocycles. The Labute approximate surface area is 61.3 Å². The first kappa shape index (κ1) is 8.74. The third-order valence-electron chi connectivity index (χ3n) is 0.321. The lowest BCUT2D eigenvalue weighted by molar-refractivity contribution is -0.162. The molecule has 0 aliphatic heterocycles. The zero-order chi connectivity index (χ0) is 7.00. The average molecular weight is 262 g/mol. The van der Waals surface area contributed by atoms with Gasteiger partial charge in [-0.15, -0.1) is 0 Å². The van der Waals surface area contributed by atoms with Crippen molar-refractivity contribution in [1.29, 1.82) is 0 Å². The van der Waals surface area contributed by atoms with Crippen LogP contribution >= 0.6 is 34.2 Å². The van der Waals surface area contributed by atoms with E-state index in [-0.39, 0.29) is 0 Å². The maximum absolute atomic E-state index is 11.5. The molecule has 1 unspecified atom stereocenters. The molecule has 0 N–H and O–H groups in total. The van der Waals surface area contributed by atoms with E-state index in [0.717, 1.165) is 0 Å². The Morgan fingerprint density at radius 1 is 1.12 bits per heavy atom. The number of alkyl halides is 6. The van der Waals surface area contributed by atoms with E-state index in [0.29, 0.717) is 22.6 Å². The van der Waals surface area contributed by atoms with Gasteiger partial charge in [0.15, 0.2) is 0 Å². The molecule has 0 fully saturated rings. The molecule has 0 aromatic rings. The smallest absolute Gasteiger partial charge is 0.204 e. The Balaban J connectivity index is 4.02. The van der Waals surface area contributed by atoms with Gasteiger partial charge in [0.25, 0.3) is 0 Å². The minimum atomic E-state index is -4.98. The fourth-order valence-corrected chi connectivity index (χ4v) is 0. The molecule has 6 heteroatoms. The Kier molecular flexibility index (Phi) is 2.37. The van der Waals surface area contributed by atoms with Crippen LogP contribution in [-0.4, -0.2) is 9.31 Å². The van der Waals surface area contributed by atoms with Crippen molar-refractivity contribution in [3.8, 4) is 0 Å². The lowest BCUT2D eigenvalue weighted by Gasteiger charge is -2.12. The highest BCUT2D eigenvalue weighted by atomic mass is 127. The quantitative estimate of drug-likeness (QED) is 0.358. The van der Waals surface area contributed by atoms with Crippen molar-refractivity contribution in [3.63, 3.8) is 0 Å². The van der Waals surface area contributed by atoms with Crippen molar-refractivity contribution < 1.29 is 17.6 Å². The zero-order valence-corrected chi connectivity index (χ0v) is 6.18. The van der Waals surface area contributed by atoms with Gasteiger partial charge >= 0.3 is 9.31 Å². The van der Waals surface area contributed by atoms with Gasteiger partial charge in [0.05, 0.1) is 0 Å². The molecule has 0 bridgehead atoms. The van der Waals surface area contributed by atoms with E-state index >= 15 is 0 Å². The Hall–Kier alpha value is 0.740. The van der Waals surface area contributed by atoms with Crippen LogP contribution in [0.25, 0.3) is 0 Å². The summed E-state index contributed by atoms with van der Waals surface area (Å²) in [5.41, 5.74) is 0. The second kappa shape index (κ2) is 2.17. The summed E-state index contributed by atoms with van der Waals surface area (Å²) in [7, 11) is 0. The SMILES string of the molecule is FC(F)(F)C(F)(Cl)I. The van der Waals surface area contributed by atoms with Crippen molar-refractivity contribution in [2.75, 3.05) is 0 Å². The van der Waals surface area contributed by atoms with Gasteiger partial charge in [0, 0.05) is 0 Å². The van der Waals surface area contributed by atoms with Crippen molar-refractivity contribution in [2.24, 2.45) is 0 Å². The molecule has 0 amide bonds. The Morgan fingerprint density at radius 3 is 1.25 bits per heavy atom. The summed E-state index contributed by atoms with van der Waals surface area (Å²) in [6, 6.07) is 0. The first-order valence-corrected chi connectivity index (χ1v) is 2.84. The van der Waals surface area contributed by atoms with Crippen molar-refractivity contribution >= 4 is 34.2 Å². The van der Waals surface area contributed by atoms with Crippen molar-refractivity contribution in [1.82, 2.24) is 0 Å². The van der Waals surface area contributed by atoms with Gasteiger partial charge in [-0.2, -0.15) is 13.2 Å². The second-order valence-electron chi connectivity index (χ2n) is 0.996. The maximum Gasteiger partial charge on any atom is 0.446 e. The van der Waals surface area contributed by atoms with Crippen molar-refractivity contribution in [2.45, 2.75) is 9.31 Å². The molecule has 0 heterocycles. The normalized spacial score (nSPS) is 20.2.